The Hall–Kier alpha value is -2.64. The largest absolute Gasteiger partial charge is 0.493 e. The number of rotatable bonds is 5. The molecule has 8 nitrogen and oxygen atoms in total. The van der Waals surface area contributed by atoms with Gasteiger partial charge in [-0.15, -0.1) is 0 Å². The highest BCUT2D eigenvalue weighted by molar-refractivity contribution is 5.83. The lowest BCUT2D eigenvalue weighted by Crippen LogP contribution is -2.44. The number of likely N-dealkylation sites (tertiary alicyclic amines) is 1. The molecule has 26 heavy (non-hydrogen) atoms. The van der Waals surface area contributed by atoms with E-state index in [1.807, 2.05) is 13.8 Å². The van der Waals surface area contributed by atoms with E-state index < -0.39 is 11.2 Å². The van der Waals surface area contributed by atoms with Gasteiger partial charge in [0.05, 0.1) is 6.61 Å². The Morgan fingerprint density at radius 1 is 1.23 bits per heavy atom. The van der Waals surface area contributed by atoms with Gasteiger partial charge in [0.1, 0.15) is 17.7 Å². The van der Waals surface area contributed by atoms with Crippen molar-refractivity contribution in [2.24, 2.45) is 7.05 Å². The maximum atomic E-state index is 13.1. The fraction of sp³-hybridized carbons (Fsp3) is 0.556. The number of ether oxygens (including phenoxy) is 1. The summed E-state index contributed by atoms with van der Waals surface area (Å²) in [4.78, 5) is 44.2. The highest BCUT2D eigenvalue weighted by atomic mass is 16.5. The first-order valence-corrected chi connectivity index (χ1v) is 9.01. The zero-order chi connectivity index (χ0) is 18.8. The van der Waals surface area contributed by atoms with Gasteiger partial charge in [-0.25, -0.2) is 14.3 Å². The second-order valence-corrected chi connectivity index (χ2v) is 6.42. The summed E-state index contributed by atoms with van der Waals surface area (Å²) in [7, 11) is 1.55. The average Bonchev–Trinajstić information content (AvgIpc) is 3.18. The fourth-order valence-electron chi connectivity index (χ4n) is 3.37. The van der Waals surface area contributed by atoms with Gasteiger partial charge in [0.2, 0.25) is 5.91 Å². The molecule has 0 N–H and O–H groups in total. The molecule has 3 heterocycles. The predicted octanol–water partition coefficient (Wildman–Crippen LogP) is 0.679. The summed E-state index contributed by atoms with van der Waals surface area (Å²) in [5.74, 6) is 0.238. The Bertz CT molecular complexity index is 954. The second-order valence-electron chi connectivity index (χ2n) is 6.42. The molecule has 0 unspecified atom stereocenters. The van der Waals surface area contributed by atoms with Gasteiger partial charge < -0.3 is 9.64 Å². The molecule has 2 aromatic rings. The molecule has 0 saturated carbocycles. The molecule has 2 aromatic heterocycles. The number of hydrogen-bond acceptors (Lipinski definition) is 5. The topological polar surface area (TPSA) is 86.4 Å². The molecule has 0 aliphatic carbocycles. The van der Waals surface area contributed by atoms with Crippen molar-refractivity contribution in [1.29, 1.82) is 0 Å². The second kappa shape index (κ2) is 7.31. The number of aryl methyl sites for hydroxylation is 2. The molecule has 0 spiro atoms. The molecule has 8 heteroatoms. The third-order valence-corrected chi connectivity index (χ3v) is 4.80. The van der Waals surface area contributed by atoms with Crippen molar-refractivity contribution in [2.75, 3.05) is 19.7 Å². The van der Waals surface area contributed by atoms with Gasteiger partial charge in [-0.05, 0) is 26.2 Å². The Morgan fingerprint density at radius 3 is 2.54 bits per heavy atom. The number of fused-ring (bicyclic) bond motifs is 1. The zero-order valence-corrected chi connectivity index (χ0v) is 15.4. The van der Waals surface area contributed by atoms with E-state index in [2.05, 4.69) is 4.98 Å². The van der Waals surface area contributed by atoms with Crippen molar-refractivity contribution in [2.45, 2.75) is 39.7 Å². The minimum atomic E-state index is -0.547. The van der Waals surface area contributed by atoms with Gasteiger partial charge in [-0.2, -0.15) is 0 Å². The zero-order valence-electron chi connectivity index (χ0n) is 15.4. The summed E-state index contributed by atoms with van der Waals surface area (Å²) >= 11 is 0. The van der Waals surface area contributed by atoms with Gasteiger partial charge >= 0.3 is 5.69 Å². The number of carbonyl (C=O) groups is 1. The molecule has 0 bridgehead atoms. The van der Waals surface area contributed by atoms with Crippen molar-refractivity contribution in [3.8, 4) is 5.75 Å². The first-order chi connectivity index (χ1) is 12.5. The third-order valence-electron chi connectivity index (χ3n) is 4.80. The van der Waals surface area contributed by atoms with E-state index >= 15 is 0 Å². The molecular formula is C18H24N4O4. The summed E-state index contributed by atoms with van der Waals surface area (Å²) < 4.78 is 8.01. The van der Waals surface area contributed by atoms with E-state index in [1.165, 1.54) is 4.57 Å². The van der Waals surface area contributed by atoms with Gasteiger partial charge in [0.25, 0.3) is 5.56 Å². The van der Waals surface area contributed by atoms with Crippen LogP contribution in [-0.2, 0) is 24.8 Å². The third kappa shape index (κ3) is 3.00. The van der Waals surface area contributed by atoms with Crippen LogP contribution < -0.4 is 16.0 Å². The lowest BCUT2D eigenvalue weighted by Gasteiger charge is -2.18. The predicted molar refractivity (Wildman–Crippen MR) is 97.6 cm³/mol. The summed E-state index contributed by atoms with van der Waals surface area (Å²) in [6.45, 7) is 5.26. The molecule has 1 saturated heterocycles. The van der Waals surface area contributed by atoms with E-state index in [0.29, 0.717) is 31.9 Å². The highest BCUT2D eigenvalue weighted by Gasteiger charge is 2.23. The van der Waals surface area contributed by atoms with Crippen molar-refractivity contribution in [3.63, 3.8) is 0 Å². The molecule has 0 radical (unpaired) electrons. The SMILES string of the molecule is CCOc1c(CC)cnc2c1c(=O)n(CC(=O)N1CCCC1)c(=O)n2C. The molecule has 1 aliphatic heterocycles. The maximum Gasteiger partial charge on any atom is 0.332 e. The van der Waals surface area contributed by atoms with Crippen LogP contribution in [0.15, 0.2) is 15.8 Å². The first kappa shape index (κ1) is 18.2. The van der Waals surface area contributed by atoms with Crippen LogP contribution in [0.4, 0.5) is 0 Å². The van der Waals surface area contributed by atoms with E-state index in [1.54, 1.807) is 18.1 Å². The summed E-state index contributed by atoms with van der Waals surface area (Å²) in [5.41, 5.74) is -0.00539. The molecule has 1 amide bonds. The monoisotopic (exact) mass is 360 g/mol. The molecule has 3 rings (SSSR count). The van der Waals surface area contributed by atoms with Gasteiger partial charge in [-0.1, -0.05) is 6.92 Å². The summed E-state index contributed by atoms with van der Waals surface area (Å²) in [6.07, 6.45) is 4.18. The van der Waals surface area contributed by atoms with Crippen molar-refractivity contribution in [1.82, 2.24) is 19.0 Å². The number of amides is 1. The molecular weight excluding hydrogens is 336 g/mol. The van der Waals surface area contributed by atoms with Gasteiger partial charge in [0, 0.05) is 31.9 Å². The van der Waals surface area contributed by atoms with Crippen LogP contribution in [0.1, 0.15) is 32.3 Å². The lowest BCUT2D eigenvalue weighted by atomic mass is 10.1. The van der Waals surface area contributed by atoms with Crippen LogP contribution >= 0.6 is 0 Å². The first-order valence-electron chi connectivity index (χ1n) is 9.01. The van der Waals surface area contributed by atoms with Crippen molar-refractivity contribution in [3.05, 3.63) is 32.6 Å². The number of hydrogen-bond donors (Lipinski definition) is 0. The van der Waals surface area contributed by atoms with E-state index in [9.17, 15) is 14.4 Å². The number of nitrogens with zero attached hydrogens (tertiary/aromatic N) is 4. The summed E-state index contributed by atoms with van der Waals surface area (Å²) in [5, 5.41) is 0.252. The highest BCUT2D eigenvalue weighted by Crippen LogP contribution is 2.25. The Balaban J connectivity index is 2.20. The van der Waals surface area contributed by atoms with Crippen LogP contribution in [0, 0.1) is 0 Å². The van der Waals surface area contributed by atoms with Crippen molar-refractivity contribution < 1.29 is 9.53 Å². The van der Waals surface area contributed by atoms with Crippen molar-refractivity contribution >= 4 is 16.9 Å². The Morgan fingerprint density at radius 2 is 1.92 bits per heavy atom. The smallest absolute Gasteiger partial charge is 0.332 e. The number of aromatic nitrogens is 3. The number of pyridine rings is 1. The molecule has 140 valence electrons. The van der Waals surface area contributed by atoms with Gasteiger partial charge in [-0.3, -0.25) is 14.2 Å². The van der Waals surface area contributed by atoms with Crippen LogP contribution in [0.5, 0.6) is 5.75 Å². The van der Waals surface area contributed by atoms with E-state index in [4.69, 9.17) is 4.74 Å². The molecule has 1 aliphatic rings. The quantitative estimate of drug-likeness (QED) is 0.783. The van der Waals surface area contributed by atoms with Gasteiger partial charge in [0.15, 0.2) is 5.65 Å². The maximum absolute atomic E-state index is 13.1. The molecule has 0 atom stereocenters. The molecule has 1 fully saturated rings. The normalized spacial score (nSPS) is 14.2. The van der Waals surface area contributed by atoms with Crippen LogP contribution in [-0.4, -0.2) is 44.6 Å². The molecule has 0 aromatic carbocycles. The average molecular weight is 360 g/mol. The van der Waals surface area contributed by atoms with Crippen LogP contribution in [0.25, 0.3) is 11.0 Å². The number of carbonyl (C=O) groups excluding carboxylic acids is 1. The minimum Gasteiger partial charge on any atom is -0.493 e. The summed E-state index contributed by atoms with van der Waals surface area (Å²) in [6, 6.07) is 0. The van der Waals surface area contributed by atoms with E-state index in [-0.39, 0.29) is 23.5 Å². The Kier molecular flexibility index (Phi) is 5.11. The van der Waals surface area contributed by atoms with Crippen LogP contribution in [0.2, 0.25) is 0 Å². The lowest BCUT2D eigenvalue weighted by molar-refractivity contribution is -0.130. The minimum absolute atomic E-state index is 0.210. The Labute approximate surface area is 151 Å². The van der Waals surface area contributed by atoms with E-state index in [0.717, 1.165) is 23.0 Å². The van der Waals surface area contributed by atoms with Crippen LogP contribution in [0.3, 0.4) is 0 Å². The standard InChI is InChI=1S/C18H24N4O4/c1-4-12-10-19-16-14(15(12)26-5-2)17(24)22(18(25)20(16)3)11-13(23)21-8-6-7-9-21/h10H,4-9,11H2,1-3H3. The fourth-order valence-corrected chi connectivity index (χ4v) is 3.37.